The summed E-state index contributed by atoms with van der Waals surface area (Å²) >= 11 is 0. The second-order valence-electron chi connectivity index (χ2n) is 21.0. The topological polar surface area (TPSA) is 43.9 Å². The van der Waals surface area contributed by atoms with Gasteiger partial charge in [-0.15, -0.1) is 0 Å². The van der Waals surface area contributed by atoms with Gasteiger partial charge < -0.3 is 24.0 Å². The van der Waals surface area contributed by atoms with Crippen LogP contribution in [0.4, 0.5) is 11.4 Å². The molecule has 0 saturated carbocycles. The van der Waals surface area contributed by atoms with Crippen molar-refractivity contribution in [3.63, 3.8) is 0 Å². The van der Waals surface area contributed by atoms with E-state index >= 15 is 0 Å². The number of imidazole rings is 1. The Hall–Kier alpha value is -7.77. The van der Waals surface area contributed by atoms with E-state index in [0.717, 1.165) is 93.2 Å². The van der Waals surface area contributed by atoms with Gasteiger partial charge in [-0.3, -0.25) is 4.57 Å². The van der Waals surface area contributed by atoms with Crippen LogP contribution in [0.25, 0.3) is 61.3 Å². The van der Waals surface area contributed by atoms with Gasteiger partial charge in [-0.1, -0.05) is 168 Å². The van der Waals surface area contributed by atoms with Gasteiger partial charge in [0.1, 0.15) is 11.4 Å². The van der Waals surface area contributed by atoms with Gasteiger partial charge in [0.25, 0.3) is 0 Å². The highest BCUT2D eigenvalue weighted by molar-refractivity contribution is 6.09. The molecule has 0 fully saturated rings. The molecule has 2 aliphatic rings. The minimum atomic E-state index is 0.340. The molecule has 2 aliphatic heterocycles. The molecule has 7 nitrogen and oxygen atoms in total. The van der Waals surface area contributed by atoms with Crippen molar-refractivity contribution >= 4 is 33.3 Å². The molecule has 0 unspecified atom stereocenters. The summed E-state index contributed by atoms with van der Waals surface area (Å²) in [5.74, 6) is 1.71. The van der Waals surface area contributed by atoms with Crippen LogP contribution in [-0.2, 0) is 12.8 Å². The summed E-state index contributed by atoms with van der Waals surface area (Å²) < 4.78 is 8.85. The summed E-state index contributed by atoms with van der Waals surface area (Å²) in [4.78, 5) is 14.7. The Morgan fingerprint density at radius 2 is 1.09 bits per heavy atom. The Kier molecular flexibility index (Phi) is 14.5. The summed E-state index contributed by atoms with van der Waals surface area (Å²) in [5, 5.41) is 2.34. The van der Waals surface area contributed by atoms with Crippen molar-refractivity contribution in [2.24, 2.45) is 0 Å². The molecule has 0 amide bonds. The predicted octanol–water partition coefficient (Wildman–Crippen LogP) is 16.9. The molecule has 0 saturated heterocycles. The van der Waals surface area contributed by atoms with E-state index in [9.17, 15) is 0 Å². The fraction of sp³-hybridized carbons (Fsp3) is 0.269. The van der Waals surface area contributed by atoms with Crippen LogP contribution in [-0.4, -0.2) is 45.8 Å². The summed E-state index contributed by atoms with van der Waals surface area (Å²) in [6.07, 6.45) is 20.0. The summed E-state index contributed by atoms with van der Waals surface area (Å²) in [7, 11) is 0. The fourth-order valence-corrected chi connectivity index (χ4v) is 11.2. The van der Waals surface area contributed by atoms with E-state index in [1.165, 1.54) is 79.6 Å². The van der Waals surface area contributed by atoms with Gasteiger partial charge in [0.05, 0.1) is 24.7 Å². The first-order valence-electron chi connectivity index (χ1n) is 27.2. The van der Waals surface area contributed by atoms with Crippen LogP contribution in [0, 0.1) is 0 Å². The van der Waals surface area contributed by atoms with Crippen LogP contribution in [0.1, 0.15) is 100 Å². The van der Waals surface area contributed by atoms with E-state index in [0.29, 0.717) is 11.8 Å². The molecule has 7 heteroatoms. The van der Waals surface area contributed by atoms with Gasteiger partial charge in [0, 0.05) is 71.8 Å². The lowest BCUT2D eigenvalue weighted by atomic mass is 9.88. The third kappa shape index (κ3) is 10.4. The van der Waals surface area contributed by atoms with Gasteiger partial charge in [-0.2, -0.15) is 0 Å². The highest BCUT2D eigenvalue weighted by Crippen LogP contribution is 2.40. The summed E-state index contributed by atoms with van der Waals surface area (Å²) in [5.41, 5.74) is 17.4. The first kappa shape index (κ1) is 48.5. The highest BCUT2D eigenvalue weighted by atomic mass is 16.3. The molecule has 74 heavy (non-hydrogen) atoms. The zero-order valence-electron chi connectivity index (χ0n) is 43.7. The average molecular weight is 975 g/mol. The Morgan fingerprint density at radius 1 is 0.500 bits per heavy atom. The lowest BCUT2D eigenvalue weighted by molar-refractivity contribution is 0.354. The summed E-state index contributed by atoms with van der Waals surface area (Å²) in [6.45, 7) is 13.1. The largest absolute Gasteiger partial charge is 0.454 e. The number of hydrogen-bond acceptors (Lipinski definition) is 6. The van der Waals surface area contributed by atoms with Crippen molar-refractivity contribution in [3.8, 4) is 39.3 Å². The molecule has 0 spiro atoms. The third-order valence-corrected chi connectivity index (χ3v) is 15.2. The number of hydrogen-bond donors (Lipinski definition) is 0. The molecule has 0 radical (unpaired) electrons. The number of aromatic nitrogens is 2. The molecule has 0 N–H and O–H groups in total. The summed E-state index contributed by atoms with van der Waals surface area (Å²) in [6, 6.07) is 59.4. The van der Waals surface area contributed by atoms with E-state index in [-0.39, 0.29) is 0 Å². The first-order chi connectivity index (χ1) is 36.4. The van der Waals surface area contributed by atoms with E-state index in [1.807, 2.05) is 6.07 Å². The van der Waals surface area contributed by atoms with Crippen molar-refractivity contribution in [1.29, 1.82) is 0 Å². The van der Waals surface area contributed by atoms with Crippen molar-refractivity contribution in [2.75, 3.05) is 36.2 Å². The van der Waals surface area contributed by atoms with Gasteiger partial charge in [-0.05, 0) is 126 Å². The number of anilines is 2. The number of furan rings is 1. The number of para-hydroxylation sites is 2. The molecule has 9 aromatic rings. The monoisotopic (exact) mass is 975 g/mol. The SMILES string of the molecule is CC(C)c1cc(-c2ccccc2)cc(C(C)C)c1-n1c(CCCCCCc2ccc(N3C=CN(CCCCN4C=CN(c5cccc6c5oc5ccccc56)C4)C3)cc2-c2ccccc2)cnc1-c1ccccc1. The minimum absolute atomic E-state index is 0.340. The Balaban J connectivity index is 0.703. The molecule has 2 aromatic heterocycles. The van der Waals surface area contributed by atoms with Gasteiger partial charge in [0.2, 0.25) is 0 Å². The zero-order chi connectivity index (χ0) is 50.4. The van der Waals surface area contributed by atoms with E-state index < -0.39 is 0 Å². The number of rotatable bonds is 20. The zero-order valence-corrected chi connectivity index (χ0v) is 43.7. The van der Waals surface area contributed by atoms with E-state index in [4.69, 9.17) is 9.40 Å². The fourth-order valence-electron chi connectivity index (χ4n) is 11.2. The van der Waals surface area contributed by atoms with Gasteiger partial charge >= 0.3 is 0 Å². The first-order valence-corrected chi connectivity index (χ1v) is 27.2. The second kappa shape index (κ2) is 22.1. The lowest BCUT2D eigenvalue weighted by Crippen LogP contribution is -2.28. The number of fused-ring (bicyclic) bond motifs is 3. The average Bonchev–Trinajstić information content (AvgIpc) is 4.28. The smallest absolute Gasteiger partial charge is 0.159 e. The molecule has 0 atom stereocenters. The van der Waals surface area contributed by atoms with Crippen LogP contribution < -0.4 is 9.80 Å². The van der Waals surface area contributed by atoms with Crippen LogP contribution >= 0.6 is 0 Å². The van der Waals surface area contributed by atoms with Crippen molar-refractivity contribution in [3.05, 3.63) is 217 Å². The normalized spacial score (nSPS) is 13.6. The molecular formula is C67H70N6O. The van der Waals surface area contributed by atoms with Crippen LogP contribution in [0.2, 0.25) is 0 Å². The van der Waals surface area contributed by atoms with Crippen molar-refractivity contribution < 1.29 is 4.42 Å². The maximum absolute atomic E-state index is 6.34. The predicted molar refractivity (Wildman–Crippen MR) is 310 cm³/mol. The van der Waals surface area contributed by atoms with Crippen LogP contribution in [0.3, 0.4) is 0 Å². The maximum atomic E-state index is 6.34. The number of nitrogens with zero attached hydrogens (tertiary/aromatic N) is 6. The molecule has 11 rings (SSSR count). The minimum Gasteiger partial charge on any atom is -0.454 e. The van der Waals surface area contributed by atoms with Crippen LogP contribution in [0.5, 0.6) is 0 Å². The van der Waals surface area contributed by atoms with Gasteiger partial charge in [0.15, 0.2) is 5.58 Å². The Labute approximate surface area is 438 Å². The molecule has 7 aromatic carbocycles. The molecule has 374 valence electrons. The number of unbranched alkanes of at least 4 members (excludes halogenated alkanes) is 4. The third-order valence-electron chi connectivity index (χ3n) is 15.2. The van der Waals surface area contributed by atoms with E-state index in [2.05, 4.69) is 241 Å². The second-order valence-corrected chi connectivity index (χ2v) is 21.0. The number of aryl methyl sites for hydroxylation is 2. The molecule has 4 heterocycles. The Morgan fingerprint density at radius 3 is 1.78 bits per heavy atom. The molecule has 0 bridgehead atoms. The van der Waals surface area contributed by atoms with E-state index in [1.54, 1.807) is 0 Å². The van der Waals surface area contributed by atoms with Crippen LogP contribution in [0.15, 0.2) is 199 Å². The van der Waals surface area contributed by atoms with Crippen molar-refractivity contribution in [1.82, 2.24) is 19.4 Å². The molecular weight excluding hydrogens is 905 g/mol. The molecule has 0 aliphatic carbocycles. The number of benzene rings is 7. The highest BCUT2D eigenvalue weighted by Gasteiger charge is 2.25. The lowest BCUT2D eigenvalue weighted by Gasteiger charge is -2.25. The quantitative estimate of drug-likeness (QED) is 0.0709. The standard InChI is InChI=1S/C67H70N6O/c1-49(2)60-43-55(51-23-11-7-12-24-51)44-61(50(3)4)65(60)73-57(46-68-67(73)54-28-15-9-16-29-54)30-17-6-5-10-27-53-35-36-56(45-62(53)52-25-13-8-14-26-52)71-41-39-69(47-71)37-20-21-38-70-40-42-72(48-70)63-33-22-32-59-58-31-18-19-34-64(58)74-66(59)63/h7-9,11-16,18-19,22-26,28-29,31-36,39-46,49-50H,5-6,10,17,20-21,27,30,37-38,47-48H2,1-4H3. The Bertz CT molecular complexity index is 3360. The van der Waals surface area contributed by atoms with Gasteiger partial charge in [-0.25, -0.2) is 4.98 Å². The maximum Gasteiger partial charge on any atom is 0.159 e. The van der Waals surface area contributed by atoms with Crippen molar-refractivity contribution in [2.45, 2.75) is 90.9 Å².